The molecule has 1 aromatic rings. The summed E-state index contributed by atoms with van der Waals surface area (Å²) in [6, 6.07) is 3.91. The molecule has 2 atom stereocenters. The van der Waals surface area contributed by atoms with E-state index in [4.69, 9.17) is 0 Å². The van der Waals surface area contributed by atoms with Crippen molar-refractivity contribution in [2.45, 2.75) is 47.1 Å². The highest BCUT2D eigenvalue weighted by atomic mass is 16.3. The van der Waals surface area contributed by atoms with Crippen molar-refractivity contribution in [1.29, 1.82) is 0 Å². The van der Waals surface area contributed by atoms with Crippen molar-refractivity contribution < 1.29 is 5.11 Å². The molecular formula is C14H23NO. The van der Waals surface area contributed by atoms with Crippen LogP contribution in [0.4, 0.5) is 0 Å². The topological polar surface area (TPSA) is 33.1 Å². The summed E-state index contributed by atoms with van der Waals surface area (Å²) in [6.07, 6.45) is 2.16. The largest absolute Gasteiger partial charge is 0.388 e. The monoisotopic (exact) mass is 221 g/mol. The highest BCUT2D eigenvalue weighted by molar-refractivity contribution is 5.15. The van der Waals surface area contributed by atoms with E-state index in [-0.39, 0.29) is 5.41 Å². The molecule has 0 aliphatic rings. The number of hydrogen-bond acceptors (Lipinski definition) is 2. The molecule has 0 aliphatic carbocycles. The molecular weight excluding hydrogens is 198 g/mol. The molecule has 1 aromatic heterocycles. The van der Waals surface area contributed by atoms with Crippen molar-refractivity contribution in [3.05, 3.63) is 29.6 Å². The summed E-state index contributed by atoms with van der Waals surface area (Å²) in [5, 5.41) is 10.1. The van der Waals surface area contributed by atoms with E-state index in [1.54, 1.807) is 6.20 Å². The number of aryl methyl sites for hydroxylation is 1. The number of rotatable bonds is 3. The van der Waals surface area contributed by atoms with Gasteiger partial charge in [0.25, 0.3) is 0 Å². The Bertz CT molecular complexity index is 324. The Kier molecular flexibility index (Phi) is 4.09. The molecule has 0 amide bonds. The first-order chi connectivity index (χ1) is 7.30. The molecule has 0 aliphatic heterocycles. The fraction of sp³-hybridized carbons (Fsp3) is 0.643. The number of aliphatic hydroxyl groups excluding tert-OH is 1. The van der Waals surface area contributed by atoms with E-state index in [2.05, 4.69) is 32.7 Å². The Morgan fingerprint density at radius 1 is 1.31 bits per heavy atom. The fourth-order valence-electron chi connectivity index (χ4n) is 1.50. The lowest BCUT2D eigenvalue weighted by molar-refractivity contribution is 0.110. The molecule has 0 saturated carbocycles. The normalized spacial score (nSPS) is 15.9. The first-order valence-corrected chi connectivity index (χ1v) is 5.91. The van der Waals surface area contributed by atoms with Crippen LogP contribution in [0.3, 0.4) is 0 Å². The molecule has 2 nitrogen and oxygen atoms in total. The van der Waals surface area contributed by atoms with Crippen LogP contribution >= 0.6 is 0 Å². The van der Waals surface area contributed by atoms with Crippen molar-refractivity contribution in [1.82, 2.24) is 4.98 Å². The van der Waals surface area contributed by atoms with Crippen LogP contribution in [0.25, 0.3) is 0 Å². The van der Waals surface area contributed by atoms with Gasteiger partial charge in [0, 0.05) is 11.9 Å². The number of pyridine rings is 1. The molecule has 16 heavy (non-hydrogen) atoms. The predicted molar refractivity (Wildman–Crippen MR) is 67.2 cm³/mol. The zero-order valence-electron chi connectivity index (χ0n) is 11.0. The summed E-state index contributed by atoms with van der Waals surface area (Å²) in [6.45, 7) is 10.8. The van der Waals surface area contributed by atoms with Gasteiger partial charge in [0.2, 0.25) is 0 Å². The third kappa shape index (κ3) is 3.60. The Hall–Kier alpha value is -0.890. The van der Waals surface area contributed by atoms with E-state index in [1.807, 2.05) is 19.1 Å². The number of hydrogen-bond donors (Lipinski definition) is 1. The zero-order valence-corrected chi connectivity index (χ0v) is 11.0. The second-order valence-corrected chi connectivity index (χ2v) is 5.75. The van der Waals surface area contributed by atoms with Crippen molar-refractivity contribution in [2.75, 3.05) is 0 Å². The van der Waals surface area contributed by atoms with Crippen LogP contribution in [0.5, 0.6) is 0 Å². The van der Waals surface area contributed by atoms with E-state index in [1.165, 1.54) is 0 Å². The van der Waals surface area contributed by atoms with Gasteiger partial charge < -0.3 is 5.11 Å². The second kappa shape index (κ2) is 4.96. The average Bonchev–Trinajstić information content (AvgIpc) is 2.17. The number of aliphatic hydroxyl groups is 1. The van der Waals surface area contributed by atoms with Crippen molar-refractivity contribution >= 4 is 0 Å². The lowest BCUT2D eigenvalue weighted by Crippen LogP contribution is -2.19. The maximum atomic E-state index is 10.1. The zero-order chi connectivity index (χ0) is 12.3. The number of aromatic nitrogens is 1. The molecule has 0 fully saturated rings. The smallest absolute Gasteiger partial charge is 0.0807 e. The highest BCUT2D eigenvalue weighted by Gasteiger charge is 2.23. The molecule has 90 valence electrons. The van der Waals surface area contributed by atoms with Crippen molar-refractivity contribution in [3.8, 4) is 0 Å². The van der Waals surface area contributed by atoms with Crippen LogP contribution in [0.2, 0.25) is 0 Å². The van der Waals surface area contributed by atoms with Gasteiger partial charge in [0.15, 0.2) is 0 Å². The minimum atomic E-state index is -0.401. The van der Waals surface area contributed by atoms with E-state index < -0.39 is 6.10 Å². The van der Waals surface area contributed by atoms with Crippen molar-refractivity contribution in [3.63, 3.8) is 0 Å². The molecule has 1 N–H and O–H groups in total. The lowest BCUT2D eigenvalue weighted by atomic mass is 9.78. The van der Waals surface area contributed by atoms with Crippen LogP contribution < -0.4 is 0 Å². The van der Waals surface area contributed by atoms with Crippen LogP contribution in [-0.2, 0) is 0 Å². The summed E-state index contributed by atoms with van der Waals surface area (Å²) in [7, 11) is 0. The summed E-state index contributed by atoms with van der Waals surface area (Å²) < 4.78 is 0. The van der Waals surface area contributed by atoms with Gasteiger partial charge in [-0.15, -0.1) is 0 Å². The molecule has 1 rings (SSSR count). The third-order valence-corrected chi connectivity index (χ3v) is 3.37. The molecule has 0 radical (unpaired) electrons. The number of nitrogens with zero attached hydrogens (tertiary/aromatic N) is 1. The molecule has 2 heteroatoms. The Labute approximate surface area is 98.7 Å². The van der Waals surface area contributed by atoms with Gasteiger partial charge >= 0.3 is 0 Å². The first kappa shape index (κ1) is 13.2. The van der Waals surface area contributed by atoms with E-state index in [9.17, 15) is 5.11 Å². The first-order valence-electron chi connectivity index (χ1n) is 5.91. The second-order valence-electron chi connectivity index (χ2n) is 5.75. The molecule has 0 saturated heterocycles. The molecule has 0 aromatic carbocycles. The summed E-state index contributed by atoms with van der Waals surface area (Å²) in [5.41, 5.74) is 2.14. The summed E-state index contributed by atoms with van der Waals surface area (Å²) in [5.74, 6) is 0.476. The maximum absolute atomic E-state index is 10.1. The minimum absolute atomic E-state index is 0.235. The van der Waals surface area contributed by atoms with Gasteiger partial charge in [0.05, 0.1) is 6.10 Å². The van der Waals surface area contributed by atoms with Crippen molar-refractivity contribution in [2.24, 2.45) is 11.3 Å². The van der Waals surface area contributed by atoms with E-state index in [0.29, 0.717) is 5.92 Å². The maximum Gasteiger partial charge on any atom is 0.0807 e. The molecule has 1 heterocycles. The average molecular weight is 221 g/mol. The molecule has 0 spiro atoms. The van der Waals surface area contributed by atoms with Crippen LogP contribution in [-0.4, -0.2) is 10.1 Å². The fourth-order valence-corrected chi connectivity index (χ4v) is 1.50. The predicted octanol–water partition coefficient (Wildman–Crippen LogP) is 3.50. The quantitative estimate of drug-likeness (QED) is 0.847. The Balaban J connectivity index is 2.65. The minimum Gasteiger partial charge on any atom is -0.388 e. The highest BCUT2D eigenvalue weighted by Crippen LogP contribution is 2.32. The van der Waals surface area contributed by atoms with Gasteiger partial charge in [-0.25, -0.2) is 0 Å². The SMILES string of the molecule is Cc1ccc(C(O)CC(C)C(C)(C)C)cn1. The van der Waals surface area contributed by atoms with Gasteiger partial charge in [-0.1, -0.05) is 33.8 Å². The standard InChI is InChI=1S/C14H23NO/c1-10(14(3,4)5)8-13(16)12-7-6-11(2)15-9-12/h6-7,9-10,13,16H,8H2,1-5H3. The summed E-state index contributed by atoms with van der Waals surface area (Å²) in [4.78, 5) is 4.21. The van der Waals surface area contributed by atoms with Gasteiger partial charge in [-0.2, -0.15) is 0 Å². The molecule has 0 bridgehead atoms. The van der Waals surface area contributed by atoms with Gasteiger partial charge in [-0.05, 0) is 36.3 Å². The van der Waals surface area contributed by atoms with Crippen LogP contribution in [0.15, 0.2) is 18.3 Å². The van der Waals surface area contributed by atoms with Gasteiger partial charge in [-0.3, -0.25) is 4.98 Å². The van der Waals surface area contributed by atoms with E-state index in [0.717, 1.165) is 17.7 Å². The van der Waals surface area contributed by atoms with E-state index >= 15 is 0 Å². The van der Waals surface area contributed by atoms with Crippen LogP contribution in [0.1, 0.15) is 51.5 Å². The van der Waals surface area contributed by atoms with Crippen LogP contribution in [0, 0.1) is 18.3 Å². The third-order valence-electron chi connectivity index (χ3n) is 3.37. The van der Waals surface area contributed by atoms with Gasteiger partial charge in [0.1, 0.15) is 0 Å². The molecule has 2 unspecified atom stereocenters. The lowest BCUT2D eigenvalue weighted by Gasteiger charge is -2.29. The Morgan fingerprint density at radius 3 is 2.38 bits per heavy atom. The summed E-state index contributed by atoms with van der Waals surface area (Å²) >= 11 is 0. The Morgan fingerprint density at radius 2 is 1.94 bits per heavy atom.